The minimum Gasteiger partial charge on any atom is -0.405 e. The third-order valence-corrected chi connectivity index (χ3v) is 7.23. The first kappa shape index (κ1) is 23.6. The number of halogens is 3. The van der Waals surface area contributed by atoms with Crippen LogP contribution in [0.15, 0.2) is 86.9 Å². The molecule has 0 bridgehead atoms. The van der Waals surface area contributed by atoms with Gasteiger partial charge in [-0.1, -0.05) is 48.0 Å². The van der Waals surface area contributed by atoms with Gasteiger partial charge in [0.05, 0.1) is 22.4 Å². The van der Waals surface area contributed by atoms with Gasteiger partial charge < -0.3 is 4.42 Å². The van der Waals surface area contributed by atoms with Gasteiger partial charge >= 0.3 is 11.8 Å². The van der Waals surface area contributed by atoms with Crippen LogP contribution in [0.1, 0.15) is 22.3 Å². The smallest absolute Gasteiger partial charge is 0.405 e. The van der Waals surface area contributed by atoms with Crippen molar-refractivity contribution in [2.75, 3.05) is 4.31 Å². The standard InChI is InChI=1S/C25H20F3NO4S/c1-16-8-11-20(12-9-16)34(31,32)29(15-18-6-4-3-5-7-18)23-17(2)22-14-19(25(26,27)28)10-13-21(22)24(30)33-23/h3-14H,15H2,1-2H3. The fraction of sp³-hybridized carbons (Fsp3) is 0.160. The highest BCUT2D eigenvalue weighted by molar-refractivity contribution is 7.92. The summed E-state index contributed by atoms with van der Waals surface area (Å²) in [6, 6.07) is 17.4. The maximum absolute atomic E-state index is 13.7. The molecule has 0 unspecified atom stereocenters. The number of hydrogen-bond donors (Lipinski definition) is 0. The van der Waals surface area contributed by atoms with Gasteiger partial charge in [0.15, 0.2) is 0 Å². The molecule has 0 atom stereocenters. The summed E-state index contributed by atoms with van der Waals surface area (Å²) in [5, 5.41) is -0.0973. The molecule has 1 heterocycles. The lowest BCUT2D eigenvalue weighted by molar-refractivity contribution is -0.137. The van der Waals surface area contributed by atoms with Crippen molar-refractivity contribution in [2.24, 2.45) is 0 Å². The van der Waals surface area contributed by atoms with E-state index in [1.165, 1.54) is 19.1 Å². The molecule has 3 aromatic carbocycles. The highest BCUT2D eigenvalue weighted by Gasteiger charge is 2.33. The maximum Gasteiger partial charge on any atom is 0.416 e. The number of hydrogen-bond acceptors (Lipinski definition) is 4. The van der Waals surface area contributed by atoms with Crippen LogP contribution in [0.2, 0.25) is 0 Å². The average Bonchev–Trinajstić information content (AvgIpc) is 2.80. The molecule has 0 aliphatic heterocycles. The summed E-state index contributed by atoms with van der Waals surface area (Å²) < 4.78 is 73.6. The molecule has 0 aliphatic carbocycles. The zero-order valence-electron chi connectivity index (χ0n) is 18.3. The van der Waals surface area contributed by atoms with E-state index in [1.54, 1.807) is 42.5 Å². The van der Waals surface area contributed by atoms with Crippen molar-refractivity contribution in [2.45, 2.75) is 31.5 Å². The summed E-state index contributed by atoms with van der Waals surface area (Å²) in [5.41, 5.74) is -0.324. The van der Waals surface area contributed by atoms with E-state index in [9.17, 15) is 26.4 Å². The van der Waals surface area contributed by atoms with Gasteiger partial charge in [-0.25, -0.2) is 17.5 Å². The number of alkyl halides is 3. The van der Waals surface area contributed by atoms with E-state index in [0.29, 0.717) is 5.56 Å². The lowest BCUT2D eigenvalue weighted by Gasteiger charge is -2.25. The molecule has 9 heteroatoms. The Morgan fingerprint density at radius 1 is 0.882 bits per heavy atom. The van der Waals surface area contributed by atoms with Crippen LogP contribution in [0, 0.1) is 13.8 Å². The van der Waals surface area contributed by atoms with Crippen molar-refractivity contribution in [1.82, 2.24) is 0 Å². The lowest BCUT2D eigenvalue weighted by Crippen LogP contribution is -2.32. The van der Waals surface area contributed by atoms with E-state index in [-0.39, 0.29) is 33.7 Å². The fourth-order valence-corrected chi connectivity index (χ4v) is 5.08. The molecule has 0 radical (unpaired) electrons. The number of sulfonamides is 1. The van der Waals surface area contributed by atoms with Gasteiger partial charge in [0.25, 0.3) is 10.0 Å². The van der Waals surface area contributed by atoms with Gasteiger partial charge in [-0.3, -0.25) is 0 Å². The summed E-state index contributed by atoms with van der Waals surface area (Å²) in [4.78, 5) is 12.7. The Bertz CT molecular complexity index is 1510. The lowest BCUT2D eigenvalue weighted by atomic mass is 10.0. The molecule has 1 aromatic heterocycles. The van der Waals surface area contributed by atoms with Crippen LogP contribution in [0.4, 0.5) is 19.1 Å². The predicted octanol–water partition coefficient (Wildman–Crippen LogP) is 5.82. The van der Waals surface area contributed by atoms with Crippen molar-refractivity contribution in [3.05, 3.63) is 105 Å². The first-order valence-corrected chi connectivity index (χ1v) is 11.7. The van der Waals surface area contributed by atoms with Gasteiger partial charge in [0.1, 0.15) is 0 Å². The Hall–Kier alpha value is -3.59. The second kappa shape index (κ2) is 8.64. The first-order valence-electron chi connectivity index (χ1n) is 10.3. The Morgan fingerprint density at radius 2 is 1.53 bits per heavy atom. The van der Waals surface area contributed by atoms with Crippen LogP contribution in [-0.4, -0.2) is 8.42 Å². The Labute approximate surface area is 194 Å². The van der Waals surface area contributed by atoms with Crippen molar-refractivity contribution < 1.29 is 26.0 Å². The zero-order chi connectivity index (χ0) is 24.7. The average molecular weight is 487 g/mol. The van der Waals surface area contributed by atoms with Crippen LogP contribution in [0.5, 0.6) is 0 Å². The molecule has 0 saturated carbocycles. The molecule has 0 saturated heterocycles. The molecule has 4 rings (SSSR count). The third-order valence-electron chi connectivity index (χ3n) is 5.49. The van der Waals surface area contributed by atoms with Gasteiger partial charge in [-0.05, 0) is 55.1 Å². The van der Waals surface area contributed by atoms with E-state index in [1.807, 2.05) is 6.92 Å². The second-order valence-electron chi connectivity index (χ2n) is 7.89. The first-order chi connectivity index (χ1) is 16.0. The minimum atomic E-state index is -4.63. The van der Waals surface area contributed by atoms with Crippen LogP contribution in [0.3, 0.4) is 0 Å². The minimum absolute atomic E-state index is 0.0294. The van der Waals surface area contributed by atoms with E-state index in [4.69, 9.17) is 4.42 Å². The third kappa shape index (κ3) is 4.43. The normalized spacial score (nSPS) is 12.1. The highest BCUT2D eigenvalue weighted by atomic mass is 32.2. The maximum atomic E-state index is 13.7. The number of benzene rings is 3. The molecule has 176 valence electrons. The highest BCUT2D eigenvalue weighted by Crippen LogP contribution is 2.35. The second-order valence-corrected chi connectivity index (χ2v) is 9.75. The predicted molar refractivity (Wildman–Crippen MR) is 123 cm³/mol. The van der Waals surface area contributed by atoms with Crippen LogP contribution >= 0.6 is 0 Å². The molecular formula is C25H20F3NO4S. The number of anilines is 1. The van der Waals surface area contributed by atoms with E-state index >= 15 is 0 Å². The van der Waals surface area contributed by atoms with Crippen LogP contribution in [0.25, 0.3) is 10.8 Å². The molecule has 0 N–H and O–H groups in total. The van der Waals surface area contributed by atoms with Crippen molar-refractivity contribution >= 4 is 26.7 Å². The summed E-state index contributed by atoms with van der Waals surface area (Å²) in [6.45, 7) is 3.05. The molecule has 0 amide bonds. The number of rotatable bonds is 5. The monoisotopic (exact) mass is 487 g/mol. The van der Waals surface area contributed by atoms with Crippen LogP contribution < -0.4 is 9.93 Å². The molecule has 5 nitrogen and oxygen atoms in total. The van der Waals surface area contributed by atoms with Gasteiger partial charge in [-0.2, -0.15) is 13.2 Å². The van der Waals surface area contributed by atoms with E-state index < -0.39 is 27.4 Å². The molecule has 0 fully saturated rings. The summed E-state index contributed by atoms with van der Waals surface area (Å²) in [5.74, 6) is -0.332. The Morgan fingerprint density at radius 3 is 2.15 bits per heavy atom. The number of aryl methyl sites for hydroxylation is 2. The molecule has 0 aliphatic rings. The Kier molecular flexibility index (Phi) is 5.99. The molecule has 4 aromatic rings. The summed E-state index contributed by atoms with van der Waals surface area (Å²) in [7, 11) is -4.24. The number of fused-ring (bicyclic) bond motifs is 1. The largest absolute Gasteiger partial charge is 0.416 e. The Balaban J connectivity index is 1.97. The quantitative estimate of drug-likeness (QED) is 0.356. The molecular weight excluding hydrogens is 467 g/mol. The fourth-order valence-electron chi connectivity index (χ4n) is 3.63. The van der Waals surface area contributed by atoms with Crippen molar-refractivity contribution in [3.8, 4) is 0 Å². The molecule has 0 spiro atoms. The van der Waals surface area contributed by atoms with E-state index in [0.717, 1.165) is 28.1 Å². The van der Waals surface area contributed by atoms with Crippen molar-refractivity contribution in [3.63, 3.8) is 0 Å². The van der Waals surface area contributed by atoms with Gasteiger partial charge in [0, 0.05) is 5.56 Å². The van der Waals surface area contributed by atoms with Crippen molar-refractivity contribution in [1.29, 1.82) is 0 Å². The van der Waals surface area contributed by atoms with Crippen LogP contribution in [-0.2, 0) is 22.7 Å². The van der Waals surface area contributed by atoms with Gasteiger partial charge in [-0.15, -0.1) is 0 Å². The number of nitrogens with zero attached hydrogens (tertiary/aromatic N) is 1. The van der Waals surface area contributed by atoms with E-state index in [2.05, 4.69) is 0 Å². The zero-order valence-corrected chi connectivity index (χ0v) is 19.1. The topological polar surface area (TPSA) is 67.6 Å². The SMILES string of the molecule is Cc1ccc(S(=O)(=O)N(Cc2ccccc2)c2oc(=O)c3ccc(C(F)(F)F)cc3c2C)cc1. The summed E-state index contributed by atoms with van der Waals surface area (Å²) in [6.07, 6.45) is -4.63. The van der Waals surface area contributed by atoms with Gasteiger partial charge in [0.2, 0.25) is 5.88 Å². The summed E-state index contributed by atoms with van der Waals surface area (Å²) >= 11 is 0. The molecule has 34 heavy (non-hydrogen) atoms.